The van der Waals surface area contributed by atoms with Crippen LogP contribution < -0.4 is 0 Å². The lowest BCUT2D eigenvalue weighted by Gasteiger charge is -2.23. The second-order valence-corrected chi connectivity index (χ2v) is 6.85. The molecule has 0 bridgehead atoms. The van der Waals surface area contributed by atoms with Crippen LogP contribution in [0.25, 0.3) is 0 Å². The minimum atomic E-state index is -0.729. The number of aliphatic carboxylic acids is 1. The van der Waals surface area contributed by atoms with Crippen LogP contribution in [0.3, 0.4) is 0 Å². The van der Waals surface area contributed by atoms with Crippen LogP contribution >= 0.6 is 0 Å². The zero-order chi connectivity index (χ0) is 16.8. The molecular formula is C20H36O3. The molecule has 1 heterocycles. The summed E-state index contributed by atoms with van der Waals surface area (Å²) in [5.41, 5.74) is 0. The van der Waals surface area contributed by atoms with Crippen molar-refractivity contribution in [2.75, 3.05) is 0 Å². The minimum Gasteiger partial charge on any atom is -0.481 e. The normalized spacial score (nSPS) is 24.4. The molecule has 2 atom stereocenters. The van der Waals surface area contributed by atoms with E-state index < -0.39 is 5.97 Å². The zero-order valence-corrected chi connectivity index (χ0v) is 15.0. The van der Waals surface area contributed by atoms with Gasteiger partial charge in [0.2, 0.25) is 0 Å². The summed E-state index contributed by atoms with van der Waals surface area (Å²) in [6.45, 7) is 2.23. The second-order valence-electron chi connectivity index (χ2n) is 6.85. The molecule has 0 saturated heterocycles. The van der Waals surface area contributed by atoms with Crippen LogP contribution in [-0.2, 0) is 9.53 Å². The molecule has 1 aliphatic heterocycles. The molecule has 0 fully saturated rings. The first-order chi connectivity index (χ1) is 11.2. The Morgan fingerprint density at radius 2 is 1.83 bits per heavy atom. The van der Waals surface area contributed by atoms with Crippen molar-refractivity contribution < 1.29 is 14.6 Å². The molecule has 0 amide bonds. The highest BCUT2D eigenvalue weighted by Gasteiger charge is 2.16. The zero-order valence-electron chi connectivity index (χ0n) is 15.0. The maximum absolute atomic E-state index is 10.9. The summed E-state index contributed by atoms with van der Waals surface area (Å²) in [6, 6.07) is 0. The lowest BCUT2D eigenvalue weighted by Crippen LogP contribution is -2.22. The van der Waals surface area contributed by atoms with E-state index in [0.29, 0.717) is 12.5 Å². The summed E-state index contributed by atoms with van der Waals surface area (Å²) in [6.07, 6.45) is 20.2. The summed E-state index contributed by atoms with van der Waals surface area (Å²) in [4.78, 5) is 10.9. The number of rotatable bonds is 7. The molecule has 0 aromatic heterocycles. The number of carbonyl (C=O) groups is 1. The van der Waals surface area contributed by atoms with Gasteiger partial charge in [-0.25, -0.2) is 0 Å². The van der Waals surface area contributed by atoms with Crippen LogP contribution in [0.4, 0.5) is 0 Å². The molecule has 0 saturated carbocycles. The third-order valence-electron chi connectivity index (χ3n) is 4.64. The number of unbranched alkanes of at least 4 members (excludes halogenated alkanes) is 2. The first kappa shape index (κ1) is 20.2. The Balaban J connectivity index is 2.58. The van der Waals surface area contributed by atoms with E-state index in [1.807, 2.05) is 0 Å². The van der Waals surface area contributed by atoms with Gasteiger partial charge in [-0.15, -0.1) is 0 Å². The first-order valence-corrected chi connectivity index (χ1v) is 9.76. The highest BCUT2D eigenvalue weighted by Crippen LogP contribution is 2.20. The molecule has 0 aromatic carbocycles. The molecule has 2 unspecified atom stereocenters. The molecule has 134 valence electrons. The molecule has 23 heavy (non-hydrogen) atoms. The molecule has 0 aromatic rings. The predicted octanol–water partition coefficient (Wildman–Crippen LogP) is 5.88. The Bertz CT molecular complexity index is 325. The standard InChI is InChI=1S/C20H36O3/c1-2-3-10-13-18-14-11-8-6-4-5-7-9-12-15-19(23-18)16-17-20(21)22/h12,15,18-19H,2-11,13-14,16-17H2,1H3,(H,21,22). The summed E-state index contributed by atoms with van der Waals surface area (Å²) in [7, 11) is 0. The Kier molecular flexibility index (Phi) is 11.9. The topological polar surface area (TPSA) is 46.5 Å². The Morgan fingerprint density at radius 3 is 2.57 bits per heavy atom. The van der Waals surface area contributed by atoms with Gasteiger partial charge in [-0.2, -0.15) is 0 Å². The highest BCUT2D eigenvalue weighted by atomic mass is 16.5. The van der Waals surface area contributed by atoms with E-state index in [4.69, 9.17) is 9.84 Å². The van der Waals surface area contributed by atoms with Crippen molar-refractivity contribution in [3.8, 4) is 0 Å². The van der Waals surface area contributed by atoms with E-state index in [9.17, 15) is 4.79 Å². The van der Waals surface area contributed by atoms with E-state index in [-0.39, 0.29) is 12.5 Å². The Hall–Kier alpha value is -0.830. The lowest BCUT2D eigenvalue weighted by atomic mass is 10.0. The number of carboxylic acids is 1. The summed E-state index contributed by atoms with van der Waals surface area (Å²) < 4.78 is 6.31. The van der Waals surface area contributed by atoms with Crippen molar-refractivity contribution in [1.82, 2.24) is 0 Å². The monoisotopic (exact) mass is 324 g/mol. The average molecular weight is 325 g/mol. The van der Waals surface area contributed by atoms with Gasteiger partial charge in [0.1, 0.15) is 0 Å². The third kappa shape index (κ3) is 11.4. The van der Waals surface area contributed by atoms with E-state index in [1.165, 1.54) is 57.8 Å². The van der Waals surface area contributed by atoms with Gasteiger partial charge in [-0.1, -0.05) is 70.4 Å². The number of ether oxygens (including phenoxy) is 1. The molecule has 3 nitrogen and oxygen atoms in total. The quantitative estimate of drug-likeness (QED) is 0.470. The number of carboxylic acid groups (broad SMARTS) is 1. The van der Waals surface area contributed by atoms with Crippen molar-refractivity contribution in [2.24, 2.45) is 0 Å². The Morgan fingerprint density at radius 1 is 1.09 bits per heavy atom. The van der Waals surface area contributed by atoms with Crippen LogP contribution in [0.5, 0.6) is 0 Å². The van der Waals surface area contributed by atoms with E-state index >= 15 is 0 Å². The van der Waals surface area contributed by atoms with Gasteiger partial charge in [-0.05, 0) is 32.1 Å². The largest absolute Gasteiger partial charge is 0.481 e. The van der Waals surface area contributed by atoms with Gasteiger partial charge >= 0.3 is 5.97 Å². The smallest absolute Gasteiger partial charge is 0.303 e. The molecule has 0 aliphatic carbocycles. The van der Waals surface area contributed by atoms with Crippen molar-refractivity contribution >= 4 is 5.97 Å². The molecular weight excluding hydrogens is 288 g/mol. The van der Waals surface area contributed by atoms with Crippen LogP contribution in [0, 0.1) is 0 Å². The van der Waals surface area contributed by atoms with Crippen molar-refractivity contribution in [2.45, 2.75) is 109 Å². The van der Waals surface area contributed by atoms with Crippen molar-refractivity contribution in [1.29, 1.82) is 0 Å². The van der Waals surface area contributed by atoms with Crippen molar-refractivity contribution in [3.63, 3.8) is 0 Å². The molecule has 1 N–H and O–H groups in total. The first-order valence-electron chi connectivity index (χ1n) is 9.76. The van der Waals surface area contributed by atoms with Crippen LogP contribution in [0.15, 0.2) is 12.2 Å². The van der Waals surface area contributed by atoms with Gasteiger partial charge in [0.25, 0.3) is 0 Å². The molecule has 1 rings (SSSR count). The molecule has 1 aliphatic rings. The summed E-state index contributed by atoms with van der Waals surface area (Å²) >= 11 is 0. The van der Waals surface area contributed by atoms with Gasteiger partial charge in [0.05, 0.1) is 12.2 Å². The van der Waals surface area contributed by atoms with Gasteiger partial charge in [0.15, 0.2) is 0 Å². The third-order valence-corrected chi connectivity index (χ3v) is 4.64. The van der Waals surface area contributed by atoms with Crippen LogP contribution in [-0.4, -0.2) is 23.3 Å². The fraction of sp³-hybridized carbons (Fsp3) is 0.850. The van der Waals surface area contributed by atoms with E-state index in [0.717, 1.165) is 19.3 Å². The molecule has 3 heteroatoms. The van der Waals surface area contributed by atoms with E-state index in [2.05, 4.69) is 19.1 Å². The molecule has 0 radical (unpaired) electrons. The molecule has 0 spiro atoms. The van der Waals surface area contributed by atoms with Crippen LogP contribution in [0.1, 0.15) is 96.8 Å². The van der Waals surface area contributed by atoms with E-state index in [1.54, 1.807) is 0 Å². The maximum atomic E-state index is 10.9. The highest BCUT2D eigenvalue weighted by molar-refractivity contribution is 5.66. The number of allylic oxidation sites excluding steroid dienone is 1. The lowest BCUT2D eigenvalue weighted by molar-refractivity contribution is -0.137. The number of hydrogen-bond acceptors (Lipinski definition) is 2. The fourth-order valence-corrected chi connectivity index (χ4v) is 3.21. The maximum Gasteiger partial charge on any atom is 0.303 e. The summed E-state index contributed by atoms with van der Waals surface area (Å²) in [5.74, 6) is -0.729. The van der Waals surface area contributed by atoms with Gasteiger partial charge < -0.3 is 9.84 Å². The van der Waals surface area contributed by atoms with Crippen LogP contribution in [0.2, 0.25) is 0 Å². The second kappa shape index (κ2) is 13.6. The Labute approximate surface area is 142 Å². The number of hydrogen-bond donors (Lipinski definition) is 1. The average Bonchev–Trinajstić information content (AvgIpc) is 2.55. The fourth-order valence-electron chi connectivity index (χ4n) is 3.21. The van der Waals surface area contributed by atoms with Gasteiger partial charge in [-0.3, -0.25) is 4.79 Å². The van der Waals surface area contributed by atoms with Crippen molar-refractivity contribution in [3.05, 3.63) is 12.2 Å². The minimum absolute atomic E-state index is 0.0292. The predicted molar refractivity (Wildman–Crippen MR) is 95.7 cm³/mol. The summed E-state index contributed by atoms with van der Waals surface area (Å²) in [5, 5.41) is 8.95. The SMILES string of the molecule is CCCCCC1CCCCCCCCC=CC(CCC(=O)O)O1. The van der Waals surface area contributed by atoms with Gasteiger partial charge in [0, 0.05) is 6.42 Å².